The molecule has 0 fully saturated rings. The average molecular weight is 1500 g/mol. The number of rotatable bonds is 5. The number of fused-ring (bicyclic) bond motifs is 13. The number of nitrogens with zero attached hydrogens (tertiary/aromatic N) is 17. The first-order valence-corrected chi connectivity index (χ1v) is 37.2. The molecule has 0 spiro atoms. The molecule has 0 amide bonds. The van der Waals surface area contributed by atoms with E-state index in [9.17, 15) is 0 Å². The first-order chi connectivity index (χ1) is 55.7. The second-order valence-electron chi connectivity index (χ2n) is 29.0. The van der Waals surface area contributed by atoms with Crippen LogP contribution in [0.4, 0.5) is 114 Å². The van der Waals surface area contributed by atoms with Crippen LogP contribution >= 0.6 is 0 Å². The summed E-state index contributed by atoms with van der Waals surface area (Å²) in [6, 6.07) is 64.0. The van der Waals surface area contributed by atoms with E-state index < -0.39 is 0 Å². The number of furan rings is 3. The first kappa shape index (κ1) is 73.4. The van der Waals surface area contributed by atoms with Crippen LogP contribution in [0.2, 0.25) is 0 Å². The van der Waals surface area contributed by atoms with Gasteiger partial charge in [0.25, 0.3) is 0 Å². The maximum atomic E-state index is 7.50. The van der Waals surface area contributed by atoms with Crippen LogP contribution in [-0.2, 0) is 0 Å². The Morgan fingerprint density at radius 1 is 0.287 bits per heavy atom. The minimum absolute atomic E-state index is 0.00459. The SMILES string of the molecule is [C-]#[N+]c1cc2c(cc1[N+]#[C-])N(c1c(C)ccc3c1oc1ccccc13)[C@@H](C)N2C.[C-]#[N+]c1cc2c(cc1[N+]#[C-])N(c1c(C)ccc3c1oc1ncccc13)[C@@H](C)N2C.[C-]#[N+]c1cc2c(cc1[N+]#[C-])N(c1c(C)cccc1-c1ccccc1)[C@@H](C)N2C.[C-]#[N+]c1cc2c(cc1[N+]#[C-])N(c1cc3oc4ccccc4c3cc1C)[C@@H](C)N2C. The molecule has 4 atom stereocenters. The molecule has 15 aromatic rings. The van der Waals surface area contributed by atoms with Crippen LogP contribution in [0.15, 0.2) is 214 Å². The lowest BCUT2D eigenvalue weighted by Gasteiger charge is -2.31. The van der Waals surface area contributed by atoms with Crippen LogP contribution in [0, 0.1) is 80.3 Å². The van der Waals surface area contributed by atoms with Gasteiger partial charge in [-0.3, -0.25) is 38.8 Å². The molecule has 20 heteroatoms. The summed E-state index contributed by atoms with van der Waals surface area (Å²) in [5, 5.41) is 6.38. The second kappa shape index (κ2) is 28.9. The minimum Gasteiger partial charge on any atom is -0.456 e. The molecule has 0 bridgehead atoms. The van der Waals surface area contributed by atoms with Crippen molar-refractivity contribution in [3.05, 3.63) is 314 Å². The second-order valence-corrected chi connectivity index (χ2v) is 29.0. The Hall–Kier alpha value is -15.7. The zero-order chi connectivity index (χ0) is 80.7. The number of para-hydroxylation sites is 3. The Kier molecular flexibility index (Phi) is 18.5. The molecule has 0 N–H and O–H groups in total. The summed E-state index contributed by atoms with van der Waals surface area (Å²) < 4.78 is 18.6. The van der Waals surface area contributed by atoms with E-state index in [1.54, 1.807) is 6.20 Å². The highest BCUT2D eigenvalue weighted by molar-refractivity contribution is 6.13. The fraction of sp³-hybridized carbons (Fsp3) is 0.168. The van der Waals surface area contributed by atoms with Gasteiger partial charge in [-0.05, 0) is 162 Å². The average Bonchev–Trinajstić information content (AvgIpc) is 1.58. The molecule has 0 saturated heterocycles. The molecular formula is C95H73N17O3. The van der Waals surface area contributed by atoms with Gasteiger partial charge in [-0.1, -0.05) is 109 Å². The van der Waals surface area contributed by atoms with Crippen molar-refractivity contribution in [1.29, 1.82) is 0 Å². The minimum atomic E-state index is -0.00459. The number of hydrogen-bond donors (Lipinski definition) is 0. The number of aromatic nitrogens is 1. The van der Waals surface area contributed by atoms with Gasteiger partial charge in [-0.2, -0.15) is 0 Å². The van der Waals surface area contributed by atoms with E-state index in [4.69, 9.17) is 65.8 Å². The Morgan fingerprint density at radius 3 is 1.11 bits per heavy atom. The number of aryl methyl sites for hydroxylation is 4. The van der Waals surface area contributed by atoms with Crippen LogP contribution in [-0.4, -0.2) is 57.8 Å². The van der Waals surface area contributed by atoms with Gasteiger partial charge in [-0.25, -0.2) is 4.98 Å². The third-order valence-corrected chi connectivity index (χ3v) is 22.9. The van der Waals surface area contributed by atoms with Crippen molar-refractivity contribution in [2.75, 3.05) is 67.4 Å². The summed E-state index contributed by atoms with van der Waals surface area (Å²) in [5.74, 6) is 0. The highest BCUT2D eigenvalue weighted by Crippen LogP contribution is 2.57. The van der Waals surface area contributed by atoms with Gasteiger partial charge >= 0.3 is 0 Å². The Morgan fingerprint density at radius 2 is 0.652 bits per heavy atom. The predicted octanol–water partition coefficient (Wildman–Crippen LogP) is 26.9. The molecule has 115 heavy (non-hydrogen) atoms. The molecule has 0 saturated carbocycles. The third kappa shape index (κ3) is 11.9. The summed E-state index contributed by atoms with van der Waals surface area (Å²) >= 11 is 0. The smallest absolute Gasteiger partial charge is 0.227 e. The van der Waals surface area contributed by atoms with E-state index in [1.165, 1.54) is 5.56 Å². The van der Waals surface area contributed by atoms with Crippen molar-refractivity contribution in [2.45, 2.75) is 80.1 Å². The highest BCUT2D eigenvalue weighted by atomic mass is 16.3. The molecule has 0 aliphatic carbocycles. The largest absolute Gasteiger partial charge is 0.456 e. The quantitative estimate of drug-likeness (QED) is 0.153. The maximum Gasteiger partial charge on any atom is 0.227 e. The van der Waals surface area contributed by atoms with Crippen molar-refractivity contribution < 1.29 is 13.3 Å². The van der Waals surface area contributed by atoms with Crippen molar-refractivity contribution in [3.63, 3.8) is 0 Å². The fourth-order valence-electron chi connectivity index (χ4n) is 16.6. The summed E-state index contributed by atoms with van der Waals surface area (Å²) in [6.45, 7) is 76.4. The molecule has 11 aromatic carbocycles. The highest BCUT2D eigenvalue weighted by Gasteiger charge is 2.40. The van der Waals surface area contributed by atoms with E-state index in [-0.39, 0.29) is 24.7 Å². The van der Waals surface area contributed by atoms with Gasteiger partial charge in [0.2, 0.25) is 5.71 Å². The number of benzene rings is 11. The van der Waals surface area contributed by atoms with E-state index in [1.807, 2.05) is 143 Å². The zero-order valence-electron chi connectivity index (χ0n) is 65.2. The monoisotopic (exact) mass is 1500 g/mol. The van der Waals surface area contributed by atoms with Crippen LogP contribution < -0.4 is 39.2 Å². The summed E-state index contributed by atoms with van der Waals surface area (Å²) in [7, 11) is 8.08. The summed E-state index contributed by atoms with van der Waals surface area (Å²) in [5.41, 5.74) is 26.4. The Balaban J connectivity index is 0.000000115. The van der Waals surface area contributed by atoms with Crippen LogP contribution in [0.1, 0.15) is 49.9 Å². The van der Waals surface area contributed by atoms with Gasteiger partial charge in [0.1, 0.15) is 41.4 Å². The van der Waals surface area contributed by atoms with Gasteiger partial charge in [0.05, 0.1) is 92.4 Å². The van der Waals surface area contributed by atoms with Gasteiger partial charge in [0.15, 0.2) is 56.7 Å². The van der Waals surface area contributed by atoms with Crippen molar-refractivity contribution in [2.24, 2.45) is 0 Å². The molecule has 19 rings (SSSR count). The molecule has 4 aromatic heterocycles. The lowest BCUT2D eigenvalue weighted by Crippen LogP contribution is -2.36. The lowest BCUT2D eigenvalue weighted by atomic mass is 9.99. The Labute approximate surface area is 666 Å². The van der Waals surface area contributed by atoms with E-state index >= 15 is 0 Å². The van der Waals surface area contributed by atoms with Gasteiger partial charge in [0, 0.05) is 107 Å². The van der Waals surface area contributed by atoms with Crippen LogP contribution in [0.3, 0.4) is 0 Å². The predicted molar refractivity (Wildman–Crippen MR) is 466 cm³/mol. The number of pyridine rings is 1. The van der Waals surface area contributed by atoms with E-state index in [0.717, 1.165) is 156 Å². The Bertz CT molecular complexity index is 6740. The molecule has 0 unspecified atom stereocenters. The standard InChI is InChI=1S/2C24H18N4O.C24H20N4.C23H17N5O/c1-14-10-17-16-8-6-7-9-23(16)29-24(17)13-20(14)28-15(2)27(5)21-11-18(25-3)19(26-4)12-22(21)28;1-14-10-11-17-16-8-6-7-9-22(16)29-24(17)23(14)28-15(2)27(5)20-12-18(25-3)19(26-4)13-21(20)28;1-16-10-9-13-19(18-11-7-6-8-12-18)24(16)28-17(2)27(5)22-14-20(25-3)21(26-4)15-23(22)28;1-13-8-9-15-16-7-6-10-26-23(16)29-22(15)21(13)28-14(2)27(5)19-11-17(24-3)18(25-4)12-20(19)28/h2*6-13,15H,1-2,5H3;6-15,17H,1-2,5H3;6-12,14H,1-2,5H3/t2*15-;17-;14-/m0000/s1. The van der Waals surface area contributed by atoms with Gasteiger partial charge < -0.3 is 52.5 Å². The van der Waals surface area contributed by atoms with E-state index in [2.05, 4.69) is 217 Å². The van der Waals surface area contributed by atoms with Crippen LogP contribution in [0.25, 0.3) is 116 Å². The van der Waals surface area contributed by atoms with E-state index in [0.29, 0.717) is 51.2 Å². The van der Waals surface area contributed by atoms with Crippen molar-refractivity contribution in [3.8, 4) is 11.1 Å². The summed E-state index contributed by atoms with van der Waals surface area (Å²) in [6.07, 6.45) is 1.85. The van der Waals surface area contributed by atoms with Crippen molar-refractivity contribution >= 4 is 180 Å². The number of hydrogen-bond acceptors (Lipinski definition) is 12. The topological polar surface area (TPSA) is 113 Å². The summed E-state index contributed by atoms with van der Waals surface area (Å²) in [4.78, 5) is 50.3. The van der Waals surface area contributed by atoms with Crippen molar-refractivity contribution in [1.82, 2.24) is 4.98 Å². The third-order valence-electron chi connectivity index (χ3n) is 22.9. The normalized spacial score (nSPS) is 15.4. The van der Waals surface area contributed by atoms with Gasteiger partial charge in [-0.15, -0.1) is 0 Å². The molecule has 0 radical (unpaired) electrons. The maximum absolute atomic E-state index is 7.50. The first-order valence-electron chi connectivity index (χ1n) is 37.2. The molecule has 4 aliphatic rings. The molecule has 556 valence electrons. The lowest BCUT2D eigenvalue weighted by molar-refractivity contribution is 0.648. The molecule has 20 nitrogen and oxygen atoms in total. The number of anilines is 12. The molecule has 4 aliphatic heterocycles. The molecular weight excluding hydrogens is 1430 g/mol. The molecule has 8 heterocycles. The van der Waals surface area contributed by atoms with Crippen LogP contribution in [0.5, 0.6) is 0 Å². The zero-order valence-corrected chi connectivity index (χ0v) is 65.2. The fourth-order valence-corrected chi connectivity index (χ4v) is 16.6.